The van der Waals surface area contributed by atoms with Gasteiger partial charge < -0.3 is 5.73 Å². The summed E-state index contributed by atoms with van der Waals surface area (Å²) in [5, 5.41) is 2.11. The van der Waals surface area contributed by atoms with Crippen LogP contribution in [0.15, 0.2) is 34.5 Å². The molecule has 0 aromatic carbocycles. The van der Waals surface area contributed by atoms with Crippen LogP contribution in [0.3, 0.4) is 0 Å². The van der Waals surface area contributed by atoms with Gasteiger partial charge in [-0.3, -0.25) is 29.4 Å². The molecule has 7 nitrogen and oxygen atoms in total. The van der Waals surface area contributed by atoms with Gasteiger partial charge >= 0.3 is 0 Å². The summed E-state index contributed by atoms with van der Waals surface area (Å²) in [6.45, 7) is 3.56. The molecule has 21 heavy (non-hydrogen) atoms. The van der Waals surface area contributed by atoms with E-state index in [-0.39, 0.29) is 29.7 Å². The number of amides is 4. The molecule has 0 aromatic rings. The fraction of sp³-hybridized carbons (Fsp3) is 0.231. The van der Waals surface area contributed by atoms with Crippen LogP contribution >= 0.6 is 15.9 Å². The molecule has 0 radical (unpaired) electrons. The van der Waals surface area contributed by atoms with E-state index in [1.54, 1.807) is 0 Å². The third-order valence-corrected chi connectivity index (χ3v) is 3.53. The van der Waals surface area contributed by atoms with Crippen LogP contribution in [-0.2, 0) is 19.2 Å². The number of carbonyl (C=O) groups excluding carboxylic acids is 4. The van der Waals surface area contributed by atoms with Crippen LogP contribution in [0.1, 0.15) is 12.8 Å². The van der Waals surface area contributed by atoms with E-state index in [0.717, 1.165) is 4.90 Å². The first-order valence-electron chi connectivity index (χ1n) is 6.05. The molecule has 0 bridgehead atoms. The molecule has 3 N–H and O–H groups in total. The molecule has 2 fully saturated rings. The van der Waals surface area contributed by atoms with Crippen molar-refractivity contribution >= 4 is 39.6 Å². The summed E-state index contributed by atoms with van der Waals surface area (Å²) < 4.78 is 0. The van der Waals surface area contributed by atoms with Crippen LogP contribution in [0.5, 0.6) is 0 Å². The number of nitrogens with zero attached hydrogens (tertiary/aromatic N) is 1. The van der Waals surface area contributed by atoms with Crippen molar-refractivity contribution in [3.63, 3.8) is 0 Å². The predicted molar refractivity (Wildman–Crippen MR) is 76.4 cm³/mol. The topological polar surface area (TPSA) is 110 Å². The Morgan fingerprint density at radius 2 is 2.00 bits per heavy atom. The Balaban J connectivity index is 2.39. The predicted octanol–water partition coefficient (Wildman–Crippen LogP) is -0.162. The highest BCUT2D eigenvalue weighted by Gasteiger charge is 2.46. The van der Waals surface area contributed by atoms with Crippen molar-refractivity contribution < 1.29 is 19.2 Å². The molecule has 0 aromatic heterocycles. The number of nitrogens with two attached hydrogens (primary N) is 1. The summed E-state index contributed by atoms with van der Waals surface area (Å²) in [6, 6.07) is -1.02. The molecule has 0 saturated carbocycles. The van der Waals surface area contributed by atoms with Gasteiger partial charge in [-0.1, -0.05) is 22.5 Å². The van der Waals surface area contributed by atoms with Crippen LogP contribution in [0.25, 0.3) is 0 Å². The van der Waals surface area contributed by atoms with Crippen LogP contribution < -0.4 is 11.1 Å². The minimum absolute atomic E-state index is 0.0274. The standard InChI is InChI=1S/C13H12BrN3O4/c1-6-10(7(15)4-5-14)13(21)17(12(6)20)8-2-3-9(18)16-11(8)19/h4-5,8H,1-3,15H2,(H,16,18,19)/b5-4+,10-7-. The third kappa shape index (κ3) is 2.54. The van der Waals surface area contributed by atoms with Crippen LogP contribution in [0, 0.1) is 0 Å². The van der Waals surface area contributed by atoms with Gasteiger partial charge in [-0.2, -0.15) is 0 Å². The number of halogens is 1. The number of rotatable bonds is 2. The summed E-state index contributed by atoms with van der Waals surface area (Å²) >= 11 is 3.02. The number of hydrogen-bond donors (Lipinski definition) is 2. The summed E-state index contributed by atoms with van der Waals surface area (Å²) in [6.07, 6.45) is 1.56. The zero-order valence-corrected chi connectivity index (χ0v) is 12.5. The van der Waals surface area contributed by atoms with Crippen molar-refractivity contribution in [3.05, 3.63) is 34.5 Å². The Labute approximate surface area is 128 Å². The van der Waals surface area contributed by atoms with Gasteiger partial charge in [0.05, 0.1) is 5.57 Å². The van der Waals surface area contributed by atoms with E-state index >= 15 is 0 Å². The molecular weight excluding hydrogens is 342 g/mol. The lowest BCUT2D eigenvalue weighted by Gasteiger charge is -2.27. The van der Waals surface area contributed by atoms with E-state index in [1.807, 2.05) is 0 Å². The molecule has 0 spiro atoms. The normalized spacial score (nSPS) is 25.9. The molecule has 2 rings (SSSR count). The number of carbonyl (C=O) groups is 4. The zero-order valence-electron chi connectivity index (χ0n) is 10.9. The van der Waals surface area contributed by atoms with E-state index < -0.39 is 29.7 Å². The third-order valence-electron chi connectivity index (χ3n) is 3.26. The average Bonchev–Trinajstić information content (AvgIpc) is 2.62. The van der Waals surface area contributed by atoms with Crippen LogP contribution in [0.4, 0.5) is 0 Å². The largest absolute Gasteiger partial charge is 0.398 e. The first-order valence-corrected chi connectivity index (χ1v) is 6.97. The number of hydrogen-bond acceptors (Lipinski definition) is 5. The highest BCUT2D eigenvalue weighted by atomic mass is 79.9. The number of allylic oxidation sites excluding steroid dienone is 1. The molecule has 1 unspecified atom stereocenters. The maximum atomic E-state index is 12.4. The van der Waals surface area contributed by atoms with Crippen LogP contribution in [-0.4, -0.2) is 34.6 Å². The summed E-state index contributed by atoms with van der Waals surface area (Å²) in [7, 11) is 0. The van der Waals surface area contributed by atoms with Gasteiger partial charge in [0.1, 0.15) is 6.04 Å². The lowest BCUT2D eigenvalue weighted by Crippen LogP contribution is -2.54. The molecule has 1 atom stereocenters. The second-order valence-electron chi connectivity index (χ2n) is 4.55. The van der Waals surface area contributed by atoms with Gasteiger partial charge in [0.15, 0.2) is 0 Å². The molecular formula is C13H12BrN3O4. The maximum absolute atomic E-state index is 12.4. The number of likely N-dealkylation sites (tertiary alicyclic amines) is 1. The van der Waals surface area contributed by atoms with Gasteiger partial charge in [0, 0.05) is 17.7 Å². The highest BCUT2D eigenvalue weighted by molar-refractivity contribution is 9.11. The molecule has 2 aliphatic heterocycles. The quantitative estimate of drug-likeness (QED) is 0.529. The monoisotopic (exact) mass is 353 g/mol. The fourth-order valence-corrected chi connectivity index (χ4v) is 2.54. The lowest BCUT2D eigenvalue weighted by atomic mass is 10.0. The Morgan fingerprint density at radius 3 is 2.57 bits per heavy atom. The Hall–Kier alpha value is -2.22. The first kappa shape index (κ1) is 15.2. The average molecular weight is 354 g/mol. The van der Waals surface area contributed by atoms with Crippen molar-refractivity contribution in [1.29, 1.82) is 0 Å². The highest BCUT2D eigenvalue weighted by Crippen LogP contribution is 2.29. The second-order valence-corrected chi connectivity index (χ2v) is 5.08. The zero-order chi connectivity index (χ0) is 15.7. The summed E-state index contributed by atoms with van der Waals surface area (Å²) in [5.74, 6) is -2.44. The van der Waals surface area contributed by atoms with Crippen LogP contribution in [0.2, 0.25) is 0 Å². The van der Waals surface area contributed by atoms with E-state index in [4.69, 9.17) is 5.73 Å². The van der Waals surface area contributed by atoms with E-state index in [9.17, 15) is 19.2 Å². The van der Waals surface area contributed by atoms with Gasteiger partial charge in [-0.25, -0.2) is 0 Å². The molecule has 2 heterocycles. The molecule has 2 saturated heterocycles. The minimum Gasteiger partial charge on any atom is -0.398 e. The Morgan fingerprint density at radius 1 is 1.33 bits per heavy atom. The van der Waals surface area contributed by atoms with Crippen molar-refractivity contribution in [1.82, 2.24) is 10.2 Å². The maximum Gasteiger partial charge on any atom is 0.264 e. The molecule has 8 heteroatoms. The van der Waals surface area contributed by atoms with E-state index in [2.05, 4.69) is 27.8 Å². The van der Waals surface area contributed by atoms with E-state index in [1.165, 1.54) is 11.1 Å². The Bertz CT molecular complexity index is 635. The number of nitrogens with one attached hydrogen (secondary N) is 1. The number of imide groups is 2. The van der Waals surface area contributed by atoms with Crippen molar-refractivity contribution in [2.75, 3.05) is 0 Å². The SMILES string of the molecule is C=C1C(=O)N(C2CCC(=O)NC2=O)C(=O)/C1=C(N)/C=C/Br. The van der Waals surface area contributed by atoms with Gasteiger partial charge in [-0.15, -0.1) is 0 Å². The van der Waals surface area contributed by atoms with Crippen molar-refractivity contribution in [2.24, 2.45) is 5.73 Å². The van der Waals surface area contributed by atoms with Gasteiger partial charge in [0.25, 0.3) is 11.8 Å². The molecule has 4 amide bonds. The van der Waals surface area contributed by atoms with Gasteiger partial charge in [-0.05, 0) is 17.5 Å². The van der Waals surface area contributed by atoms with Crippen molar-refractivity contribution in [3.8, 4) is 0 Å². The Kier molecular flexibility index (Phi) is 4.08. The molecule has 110 valence electrons. The van der Waals surface area contributed by atoms with Crippen molar-refractivity contribution in [2.45, 2.75) is 18.9 Å². The summed E-state index contributed by atoms with van der Waals surface area (Å²) in [4.78, 5) is 49.7. The first-order chi connectivity index (χ1) is 9.88. The molecule has 2 aliphatic rings. The number of piperidine rings is 1. The van der Waals surface area contributed by atoms with E-state index in [0.29, 0.717) is 0 Å². The second kappa shape index (κ2) is 5.65. The van der Waals surface area contributed by atoms with Gasteiger partial charge in [0.2, 0.25) is 11.8 Å². The molecule has 0 aliphatic carbocycles. The smallest absolute Gasteiger partial charge is 0.264 e. The summed E-state index contributed by atoms with van der Waals surface area (Å²) in [5.41, 5.74) is 5.71. The minimum atomic E-state index is -1.02. The fourth-order valence-electron chi connectivity index (χ4n) is 2.25. The lowest BCUT2D eigenvalue weighted by molar-refractivity contribution is -0.149.